The van der Waals surface area contributed by atoms with Crippen LogP contribution in [0.4, 0.5) is 0 Å². The third-order valence-corrected chi connectivity index (χ3v) is 12.6. The van der Waals surface area contributed by atoms with Crippen molar-refractivity contribution in [1.82, 2.24) is 19.1 Å². The average molecular weight is 709 g/mol. The lowest BCUT2D eigenvalue weighted by molar-refractivity contribution is 0.801. The zero-order chi connectivity index (χ0) is 35.5. The molecule has 0 fully saturated rings. The second kappa shape index (κ2) is 11.2. The first kappa shape index (κ1) is 30.0. The molecule has 5 heteroatoms. The van der Waals surface area contributed by atoms with Gasteiger partial charge in [-0.15, -0.1) is 11.3 Å². The molecule has 0 radical (unpaired) electrons. The number of hydrogen-bond donors (Lipinski definition) is 0. The highest BCUT2D eigenvalue weighted by Gasteiger charge is 2.26. The van der Waals surface area contributed by atoms with E-state index in [1.807, 2.05) is 11.3 Å². The zero-order valence-corrected chi connectivity index (χ0v) is 30.3. The highest BCUT2D eigenvalue weighted by Crippen LogP contribution is 2.43. The summed E-state index contributed by atoms with van der Waals surface area (Å²) in [6.07, 6.45) is 5.94. The van der Waals surface area contributed by atoms with Crippen LogP contribution >= 0.6 is 11.3 Å². The normalized spacial score (nSPS) is 14.4. The summed E-state index contributed by atoms with van der Waals surface area (Å²) < 4.78 is 7.37. The fourth-order valence-corrected chi connectivity index (χ4v) is 10.4. The van der Waals surface area contributed by atoms with Crippen molar-refractivity contribution in [2.24, 2.45) is 5.92 Å². The van der Waals surface area contributed by atoms with Crippen LogP contribution in [0.25, 0.3) is 110 Å². The molecule has 0 amide bonds. The Morgan fingerprint density at radius 1 is 0.556 bits per heavy atom. The Labute approximate surface area is 314 Å². The van der Waals surface area contributed by atoms with Gasteiger partial charge >= 0.3 is 0 Å². The second-order valence-electron chi connectivity index (χ2n) is 14.6. The molecule has 1 atom stereocenters. The molecule has 0 N–H and O–H groups in total. The van der Waals surface area contributed by atoms with Gasteiger partial charge in [-0.3, -0.25) is 4.57 Å². The molecule has 4 aromatic heterocycles. The van der Waals surface area contributed by atoms with Gasteiger partial charge in [-0.25, -0.2) is 9.97 Å². The van der Waals surface area contributed by atoms with Crippen LogP contribution in [0, 0.1) is 5.92 Å². The third kappa shape index (κ3) is 4.07. The molecule has 1 unspecified atom stereocenters. The summed E-state index contributed by atoms with van der Waals surface area (Å²) in [7, 11) is 0. The van der Waals surface area contributed by atoms with Gasteiger partial charge in [0.2, 0.25) is 5.95 Å². The summed E-state index contributed by atoms with van der Waals surface area (Å²) in [6, 6.07) is 52.4. The maximum absolute atomic E-state index is 5.63. The Morgan fingerprint density at radius 2 is 1.19 bits per heavy atom. The molecular formula is C49H32N4S. The fourth-order valence-electron chi connectivity index (χ4n) is 9.14. The van der Waals surface area contributed by atoms with Gasteiger partial charge in [-0.2, -0.15) is 0 Å². The smallest absolute Gasteiger partial charge is 0.235 e. The van der Waals surface area contributed by atoms with Crippen LogP contribution in [0.5, 0.6) is 0 Å². The standard InChI is InChI=1S/C49H32N4S/c1-29-26-27-32-38(28-29)47-44(43-35-18-6-10-23-40(35)52(46(32)43)30-14-3-2-4-15-30)36-19-7-11-24-41(36)53(47)49-50-39-22-9-5-17-34(39)45(51-49)37-21-13-20-33-31-16-8-12-25-42(31)54-48(33)37/h2-25,27-29H,26H2,1H3. The SMILES string of the molecule is CC1C=c2c(c3c(c4ccccc4n3-c3ccccc3)c3c4ccccc4n(-c4nc(-c5cccc6c5sc5ccccc56)c5ccccc5n4)c23)=CC1. The molecule has 1 aliphatic rings. The summed E-state index contributed by atoms with van der Waals surface area (Å²) in [5, 5.41) is 11.1. The van der Waals surface area contributed by atoms with E-state index >= 15 is 0 Å². The molecule has 4 nitrogen and oxygen atoms in total. The van der Waals surface area contributed by atoms with E-state index in [2.05, 4.69) is 174 Å². The van der Waals surface area contributed by atoms with Crippen molar-refractivity contribution in [2.75, 3.05) is 0 Å². The third-order valence-electron chi connectivity index (χ3n) is 11.4. The van der Waals surface area contributed by atoms with Crippen LogP contribution in [-0.2, 0) is 0 Å². The molecule has 7 aromatic carbocycles. The van der Waals surface area contributed by atoms with E-state index < -0.39 is 0 Å². The van der Waals surface area contributed by atoms with Gasteiger partial charge in [0.1, 0.15) is 0 Å². The molecular weight excluding hydrogens is 677 g/mol. The molecule has 4 heterocycles. The number of thiophene rings is 1. The predicted molar refractivity (Wildman–Crippen MR) is 229 cm³/mol. The summed E-state index contributed by atoms with van der Waals surface area (Å²) in [4.78, 5) is 11.0. The molecule has 0 saturated carbocycles. The van der Waals surface area contributed by atoms with Gasteiger partial charge in [0.05, 0.1) is 33.3 Å². The van der Waals surface area contributed by atoms with Crippen LogP contribution in [0.1, 0.15) is 13.3 Å². The van der Waals surface area contributed by atoms with E-state index in [0.29, 0.717) is 11.9 Å². The van der Waals surface area contributed by atoms with Crippen LogP contribution in [0.3, 0.4) is 0 Å². The minimum absolute atomic E-state index is 0.387. The van der Waals surface area contributed by atoms with E-state index in [1.54, 1.807) is 0 Å². The quantitative estimate of drug-likeness (QED) is 0.183. The molecule has 12 rings (SSSR count). The van der Waals surface area contributed by atoms with Crippen LogP contribution in [0.15, 0.2) is 146 Å². The van der Waals surface area contributed by atoms with Crippen molar-refractivity contribution < 1.29 is 0 Å². The number of aromatic nitrogens is 4. The predicted octanol–water partition coefficient (Wildman–Crippen LogP) is 11.5. The molecule has 11 aromatic rings. The lowest BCUT2D eigenvalue weighted by Crippen LogP contribution is -2.32. The van der Waals surface area contributed by atoms with Gasteiger partial charge < -0.3 is 4.57 Å². The Balaban J connectivity index is 1.28. The number of nitrogens with zero attached hydrogens (tertiary/aromatic N) is 4. The highest BCUT2D eigenvalue weighted by molar-refractivity contribution is 7.26. The number of rotatable bonds is 3. The minimum Gasteiger partial charge on any atom is -0.309 e. The van der Waals surface area contributed by atoms with Crippen molar-refractivity contribution >= 4 is 98.2 Å². The Kier molecular flexibility index (Phi) is 6.23. The molecule has 54 heavy (non-hydrogen) atoms. The second-order valence-corrected chi connectivity index (χ2v) is 15.6. The van der Waals surface area contributed by atoms with Crippen LogP contribution in [0.2, 0.25) is 0 Å². The van der Waals surface area contributed by atoms with Gasteiger partial charge in [-0.1, -0.05) is 128 Å². The summed E-state index contributed by atoms with van der Waals surface area (Å²) in [5.74, 6) is 1.07. The maximum atomic E-state index is 5.63. The van der Waals surface area contributed by atoms with Crippen molar-refractivity contribution in [2.45, 2.75) is 13.3 Å². The fraction of sp³-hybridized carbons (Fsp3) is 0.0612. The molecule has 0 bridgehead atoms. The summed E-state index contributed by atoms with van der Waals surface area (Å²) in [6.45, 7) is 2.32. The molecule has 1 aliphatic carbocycles. The Hall–Kier alpha value is -6.56. The van der Waals surface area contributed by atoms with Crippen molar-refractivity contribution in [3.63, 3.8) is 0 Å². The molecule has 0 aliphatic heterocycles. The summed E-state index contributed by atoms with van der Waals surface area (Å²) >= 11 is 1.84. The van der Waals surface area contributed by atoms with Crippen LogP contribution < -0.4 is 10.4 Å². The number of hydrogen-bond acceptors (Lipinski definition) is 3. The largest absolute Gasteiger partial charge is 0.309 e. The first-order valence-corrected chi connectivity index (χ1v) is 19.5. The highest BCUT2D eigenvalue weighted by atomic mass is 32.1. The lowest BCUT2D eigenvalue weighted by Gasteiger charge is -2.16. The van der Waals surface area contributed by atoms with Gasteiger partial charge in [0.25, 0.3) is 0 Å². The van der Waals surface area contributed by atoms with Gasteiger partial charge in [0.15, 0.2) is 0 Å². The van der Waals surface area contributed by atoms with Gasteiger partial charge in [-0.05, 0) is 48.7 Å². The summed E-state index contributed by atoms with van der Waals surface area (Å²) in [5.41, 5.74) is 8.92. The topological polar surface area (TPSA) is 35.6 Å². The average Bonchev–Trinajstić information content (AvgIpc) is 3.89. The van der Waals surface area contributed by atoms with E-state index in [4.69, 9.17) is 9.97 Å². The van der Waals surface area contributed by atoms with E-state index in [1.165, 1.54) is 74.4 Å². The Bertz CT molecular complexity index is 3490. The Morgan fingerprint density at radius 3 is 1.98 bits per heavy atom. The lowest BCUT2D eigenvalue weighted by atomic mass is 9.94. The molecule has 0 spiro atoms. The van der Waals surface area contributed by atoms with E-state index in [0.717, 1.165) is 34.1 Å². The number of para-hydroxylation sites is 4. The monoisotopic (exact) mass is 708 g/mol. The minimum atomic E-state index is 0.387. The zero-order valence-electron chi connectivity index (χ0n) is 29.5. The van der Waals surface area contributed by atoms with Gasteiger partial charge in [0, 0.05) is 68.8 Å². The first-order valence-electron chi connectivity index (χ1n) is 18.7. The van der Waals surface area contributed by atoms with Crippen molar-refractivity contribution in [3.05, 3.63) is 156 Å². The van der Waals surface area contributed by atoms with Crippen LogP contribution in [-0.4, -0.2) is 19.1 Å². The number of fused-ring (bicyclic) bond motifs is 14. The maximum Gasteiger partial charge on any atom is 0.235 e. The van der Waals surface area contributed by atoms with Crippen molar-refractivity contribution in [1.29, 1.82) is 0 Å². The molecule has 254 valence electrons. The van der Waals surface area contributed by atoms with E-state index in [-0.39, 0.29) is 0 Å². The molecule has 0 saturated heterocycles. The van der Waals surface area contributed by atoms with Crippen molar-refractivity contribution in [3.8, 4) is 22.9 Å². The number of benzene rings is 7. The van der Waals surface area contributed by atoms with E-state index in [9.17, 15) is 0 Å². The first-order chi connectivity index (χ1) is 26.7.